The molecule has 0 saturated carbocycles. The van der Waals surface area contributed by atoms with Crippen LogP contribution in [0.5, 0.6) is 0 Å². The Hall–Kier alpha value is -3.46. The van der Waals surface area contributed by atoms with Crippen molar-refractivity contribution in [1.29, 1.82) is 0 Å². The zero-order chi connectivity index (χ0) is 25.2. The second-order valence-electron chi connectivity index (χ2n) is 9.69. The van der Waals surface area contributed by atoms with Crippen LogP contribution in [0.15, 0.2) is 65.3 Å². The van der Waals surface area contributed by atoms with E-state index in [2.05, 4.69) is 44.5 Å². The molecule has 38 heavy (non-hydrogen) atoms. The Morgan fingerprint density at radius 2 is 1.79 bits per heavy atom. The second kappa shape index (κ2) is 11.5. The van der Waals surface area contributed by atoms with Crippen molar-refractivity contribution >= 4 is 40.9 Å². The smallest absolute Gasteiger partial charge is 0.241 e. The Bertz CT molecular complexity index is 1380. The van der Waals surface area contributed by atoms with Crippen LogP contribution in [0.25, 0.3) is 33.6 Å². The number of halogens is 1. The molecule has 9 heteroatoms. The summed E-state index contributed by atoms with van der Waals surface area (Å²) in [6.07, 6.45) is 3.51. The molecule has 6 rings (SSSR count). The average molecular weight is 533 g/mol. The first-order valence-electron chi connectivity index (χ1n) is 13.2. The largest absolute Gasteiger partial charge is 0.437 e. The summed E-state index contributed by atoms with van der Waals surface area (Å²) in [6, 6.07) is 18.0. The van der Waals surface area contributed by atoms with Crippen molar-refractivity contribution in [2.45, 2.75) is 25.8 Å². The number of nitrogens with one attached hydrogen (secondary N) is 2. The fourth-order valence-electron chi connectivity index (χ4n) is 5.36. The van der Waals surface area contributed by atoms with Crippen LogP contribution in [0.1, 0.15) is 19.8 Å². The van der Waals surface area contributed by atoms with Crippen molar-refractivity contribution in [3.63, 3.8) is 0 Å². The van der Waals surface area contributed by atoms with Crippen molar-refractivity contribution in [2.75, 3.05) is 49.5 Å². The first-order valence-corrected chi connectivity index (χ1v) is 13.2. The molecule has 0 spiro atoms. The van der Waals surface area contributed by atoms with E-state index in [0.717, 1.165) is 91.5 Å². The van der Waals surface area contributed by atoms with E-state index in [1.165, 1.54) is 0 Å². The molecule has 2 fully saturated rings. The van der Waals surface area contributed by atoms with Crippen LogP contribution in [0.4, 0.5) is 11.5 Å². The highest BCUT2D eigenvalue weighted by atomic mass is 35.5. The van der Waals surface area contributed by atoms with Gasteiger partial charge in [0.15, 0.2) is 0 Å². The molecule has 2 aromatic carbocycles. The monoisotopic (exact) mass is 532 g/mol. The minimum atomic E-state index is -0.115. The lowest BCUT2D eigenvalue weighted by Gasteiger charge is -2.35. The van der Waals surface area contributed by atoms with E-state index >= 15 is 0 Å². The van der Waals surface area contributed by atoms with Crippen LogP contribution in [0, 0.1) is 0 Å². The maximum atomic E-state index is 12.5. The number of aromatic nitrogens is 2. The summed E-state index contributed by atoms with van der Waals surface area (Å²) in [5, 5.41) is 7.22. The van der Waals surface area contributed by atoms with E-state index in [9.17, 15) is 4.79 Å². The van der Waals surface area contributed by atoms with Crippen LogP contribution >= 0.6 is 12.4 Å². The number of hydrogen-bond donors (Lipinski definition) is 2. The maximum absolute atomic E-state index is 12.5. The summed E-state index contributed by atoms with van der Waals surface area (Å²) >= 11 is 0. The molecule has 198 valence electrons. The van der Waals surface area contributed by atoms with Gasteiger partial charge >= 0.3 is 0 Å². The van der Waals surface area contributed by atoms with Gasteiger partial charge < -0.3 is 24.9 Å². The zero-order valence-corrected chi connectivity index (χ0v) is 22.3. The van der Waals surface area contributed by atoms with Gasteiger partial charge in [0.2, 0.25) is 11.6 Å². The van der Waals surface area contributed by atoms with Gasteiger partial charge in [-0.05, 0) is 55.8 Å². The molecule has 2 N–H and O–H groups in total. The fourth-order valence-corrected chi connectivity index (χ4v) is 5.36. The topological polar surface area (TPSA) is 86.5 Å². The quantitative estimate of drug-likeness (QED) is 0.368. The highest BCUT2D eigenvalue weighted by Gasteiger charge is 2.26. The van der Waals surface area contributed by atoms with E-state index in [1.54, 1.807) is 6.33 Å². The molecule has 0 aliphatic carbocycles. The van der Waals surface area contributed by atoms with E-state index in [1.807, 2.05) is 42.5 Å². The van der Waals surface area contributed by atoms with Gasteiger partial charge in [-0.15, -0.1) is 12.4 Å². The third-order valence-electron chi connectivity index (χ3n) is 7.44. The number of amides is 1. The van der Waals surface area contributed by atoms with Gasteiger partial charge in [0, 0.05) is 43.0 Å². The molecule has 2 aromatic heterocycles. The van der Waals surface area contributed by atoms with Gasteiger partial charge in [-0.3, -0.25) is 4.79 Å². The summed E-state index contributed by atoms with van der Waals surface area (Å²) in [7, 11) is 0. The SMILES string of the molecule is CCN1CCN(c2ncnc3oc(-c4ccc(NC(=O)[C@@H]5CCCN5)cc4)c(-c4ccccc4)c23)CC1.Cl. The number of benzene rings is 2. The van der Waals surface area contributed by atoms with Crippen LogP contribution in [0.2, 0.25) is 0 Å². The Labute approximate surface area is 228 Å². The molecular formula is C29H33ClN6O2. The van der Waals surface area contributed by atoms with Gasteiger partial charge in [0.05, 0.1) is 11.4 Å². The standard InChI is InChI=1S/C29H32N6O2.ClH/c1-2-34-15-17-35(18-16-34)27-25-24(20-7-4-3-5-8-20)26(37-29(25)32-19-31-27)21-10-12-22(13-11-21)33-28(36)23-9-6-14-30-23;/h3-5,7-8,10-13,19,23,30H,2,6,9,14-18H2,1H3,(H,33,36);1H/t23-;/m0./s1. The van der Waals surface area contributed by atoms with Gasteiger partial charge in [0.25, 0.3) is 0 Å². The predicted molar refractivity (Wildman–Crippen MR) is 154 cm³/mol. The minimum absolute atomic E-state index is 0. The summed E-state index contributed by atoms with van der Waals surface area (Å²) in [4.78, 5) is 26.6. The van der Waals surface area contributed by atoms with E-state index < -0.39 is 0 Å². The second-order valence-corrected chi connectivity index (χ2v) is 9.69. The van der Waals surface area contributed by atoms with Crippen molar-refractivity contribution in [3.05, 3.63) is 60.9 Å². The first kappa shape index (κ1) is 26.2. The highest BCUT2D eigenvalue weighted by molar-refractivity contribution is 6.06. The number of piperazine rings is 1. The maximum Gasteiger partial charge on any atom is 0.241 e. The molecule has 1 atom stereocenters. The molecule has 2 saturated heterocycles. The number of rotatable bonds is 6. The summed E-state index contributed by atoms with van der Waals surface area (Å²) in [5.41, 5.74) is 4.34. The number of nitrogens with zero attached hydrogens (tertiary/aromatic N) is 4. The Morgan fingerprint density at radius 3 is 2.47 bits per heavy atom. The summed E-state index contributed by atoms with van der Waals surface area (Å²) in [6.45, 7) is 8.01. The van der Waals surface area contributed by atoms with Crippen LogP contribution < -0.4 is 15.5 Å². The normalized spacial score (nSPS) is 17.9. The number of fused-ring (bicyclic) bond motifs is 1. The van der Waals surface area contributed by atoms with Crippen molar-refractivity contribution < 1.29 is 9.21 Å². The Morgan fingerprint density at radius 1 is 1.03 bits per heavy atom. The van der Waals surface area contributed by atoms with Crippen molar-refractivity contribution in [2.24, 2.45) is 0 Å². The molecular weight excluding hydrogens is 500 g/mol. The molecule has 0 bridgehead atoms. The summed E-state index contributed by atoms with van der Waals surface area (Å²) in [5.74, 6) is 1.69. The number of furan rings is 1. The van der Waals surface area contributed by atoms with Crippen molar-refractivity contribution in [3.8, 4) is 22.5 Å². The van der Waals surface area contributed by atoms with E-state index in [-0.39, 0.29) is 24.4 Å². The van der Waals surface area contributed by atoms with Crippen molar-refractivity contribution in [1.82, 2.24) is 20.2 Å². The lowest BCUT2D eigenvalue weighted by molar-refractivity contribution is -0.117. The zero-order valence-electron chi connectivity index (χ0n) is 21.5. The van der Waals surface area contributed by atoms with E-state index in [4.69, 9.17) is 9.40 Å². The lowest BCUT2D eigenvalue weighted by Crippen LogP contribution is -2.46. The number of anilines is 2. The van der Waals surface area contributed by atoms with E-state index in [0.29, 0.717) is 5.71 Å². The molecule has 1 amide bonds. The van der Waals surface area contributed by atoms with Gasteiger partial charge in [-0.1, -0.05) is 37.3 Å². The number of carbonyl (C=O) groups excluding carboxylic acids is 1. The van der Waals surface area contributed by atoms with Crippen LogP contribution in [-0.2, 0) is 4.79 Å². The molecule has 0 radical (unpaired) electrons. The molecule has 4 heterocycles. The molecule has 4 aromatic rings. The lowest BCUT2D eigenvalue weighted by atomic mass is 9.99. The van der Waals surface area contributed by atoms with Crippen LogP contribution in [0.3, 0.4) is 0 Å². The molecule has 0 unspecified atom stereocenters. The molecule has 8 nitrogen and oxygen atoms in total. The van der Waals surface area contributed by atoms with Gasteiger partial charge in [0.1, 0.15) is 17.9 Å². The minimum Gasteiger partial charge on any atom is -0.437 e. The number of likely N-dealkylation sites (N-methyl/N-ethyl adjacent to an activating group) is 1. The third kappa shape index (κ3) is 5.12. The predicted octanol–water partition coefficient (Wildman–Crippen LogP) is 4.81. The number of hydrogen-bond acceptors (Lipinski definition) is 7. The third-order valence-corrected chi connectivity index (χ3v) is 7.44. The fraction of sp³-hybridized carbons (Fsp3) is 0.345. The first-order chi connectivity index (χ1) is 18.2. The number of carbonyl (C=O) groups is 1. The average Bonchev–Trinajstić information content (AvgIpc) is 3.63. The van der Waals surface area contributed by atoms with Gasteiger partial charge in [-0.25, -0.2) is 9.97 Å². The van der Waals surface area contributed by atoms with Crippen LogP contribution in [-0.4, -0.2) is 66.1 Å². The molecule has 2 aliphatic heterocycles. The summed E-state index contributed by atoms with van der Waals surface area (Å²) < 4.78 is 6.43. The Balaban J connectivity index is 0.00000294. The Kier molecular flexibility index (Phi) is 7.93. The molecule has 2 aliphatic rings. The highest BCUT2D eigenvalue weighted by Crippen LogP contribution is 2.43. The van der Waals surface area contributed by atoms with Gasteiger partial charge in [-0.2, -0.15) is 0 Å².